The number of hydrogen-bond acceptors (Lipinski definition) is 5. The van der Waals surface area contributed by atoms with E-state index in [1.807, 2.05) is 0 Å². The van der Waals surface area contributed by atoms with Gasteiger partial charge in [-0.25, -0.2) is 8.42 Å². The molecule has 3 aromatic carbocycles. The van der Waals surface area contributed by atoms with Crippen LogP contribution in [-0.4, -0.2) is 35.6 Å². The summed E-state index contributed by atoms with van der Waals surface area (Å²) in [7, 11) is 0.571. The Morgan fingerprint density at radius 1 is 0.919 bits per heavy atom. The molecule has 1 aliphatic rings. The molecule has 0 aliphatic heterocycles. The van der Waals surface area contributed by atoms with Crippen molar-refractivity contribution in [2.75, 3.05) is 25.6 Å². The lowest BCUT2D eigenvalue weighted by molar-refractivity contribution is 0.0935. The molecule has 0 saturated carbocycles. The molecule has 0 aromatic heterocycles. The van der Waals surface area contributed by atoms with E-state index in [1.165, 1.54) is 61.7 Å². The number of methoxy groups -OCH3 is 2. The summed E-state index contributed by atoms with van der Waals surface area (Å²) < 4.78 is 38.1. The van der Waals surface area contributed by atoms with Crippen molar-refractivity contribution in [3.8, 4) is 11.5 Å². The van der Waals surface area contributed by atoms with Crippen LogP contribution >= 0.6 is 0 Å². The zero-order chi connectivity index (χ0) is 26.6. The van der Waals surface area contributed by atoms with E-state index in [4.69, 9.17) is 9.47 Å². The van der Waals surface area contributed by atoms with Crippen molar-refractivity contribution in [3.63, 3.8) is 0 Å². The molecule has 0 fully saturated rings. The molecule has 1 amide bonds. The van der Waals surface area contributed by atoms with Gasteiger partial charge in [-0.1, -0.05) is 25.1 Å². The fourth-order valence-electron chi connectivity index (χ4n) is 4.73. The number of hydrogen-bond donors (Lipinski definition) is 1. The summed E-state index contributed by atoms with van der Waals surface area (Å²) in [6, 6.07) is 17.5. The number of nitrogens with zero attached hydrogens (tertiary/aromatic N) is 1. The maximum absolute atomic E-state index is 13.2. The average Bonchev–Trinajstić information content (AvgIpc) is 2.94. The number of rotatable bonds is 9. The van der Waals surface area contributed by atoms with Crippen LogP contribution in [-0.2, 0) is 22.9 Å². The molecule has 0 heterocycles. The highest BCUT2D eigenvalue weighted by Crippen LogP contribution is 2.32. The van der Waals surface area contributed by atoms with Crippen molar-refractivity contribution >= 4 is 21.6 Å². The first kappa shape index (κ1) is 26.5. The minimum atomic E-state index is -3.85. The molecule has 7 nitrogen and oxygen atoms in total. The summed E-state index contributed by atoms with van der Waals surface area (Å²) in [5.41, 5.74) is 4.83. The Labute approximate surface area is 219 Å². The van der Waals surface area contributed by atoms with Crippen molar-refractivity contribution in [2.45, 2.75) is 50.0 Å². The second-order valence-electron chi connectivity index (χ2n) is 9.21. The summed E-state index contributed by atoms with van der Waals surface area (Å²) in [6.45, 7) is 2.06. The number of carbonyl (C=O) groups is 1. The number of fused-ring (bicyclic) bond motifs is 1. The molecule has 1 aliphatic carbocycles. The monoisotopic (exact) mass is 522 g/mol. The van der Waals surface area contributed by atoms with E-state index >= 15 is 0 Å². The van der Waals surface area contributed by atoms with Crippen LogP contribution in [0, 0.1) is 0 Å². The molecule has 4 rings (SSSR count). The number of sulfonamides is 1. The van der Waals surface area contributed by atoms with Gasteiger partial charge in [-0.15, -0.1) is 0 Å². The molecule has 0 spiro atoms. The molecule has 3 aromatic rings. The fraction of sp³-hybridized carbons (Fsp3) is 0.345. The van der Waals surface area contributed by atoms with Crippen molar-refractivity contribution in [2.24, 2.45) is 0 Å². The normalized spacial score (nSPS) is 13.8. The van der Waals surface area contributed by atoms with Crippen LogP contribution in [0.3, 0.4) is 0 Å². The van der Waals surface area contributed by atoms with E-state index in [0.29, 0.717) is 22.7 Å². The van der Waals surface area contributed by atoms with Crippen LogP contribution in [0.2, 0.25) is 0 Å². The van der Waals surface area contributed by atoms with E-state index < -0.39 is 10.0 Å². The largest absolute Gasteiger partial charge is 0.493 e. The van der Waals surface area contributed by atoms with Crippen molar-refractivity contribution in [3.05, 3.63) is 82.9 Å². The highest BCUT2D eigenvalue weighted by Gasteiger charge is 2.24. The summed E-state index contributed by atoms with van der Waals surface area (Å²) in [5.74, 6) is 0.579. The van der Waals surface area contributed by atoms with Gasteiger partial charge in [0.1, 0.15) is 0 Å². The number of anilines is 1. The highest BCUT2D eigenvalue weighted by atomic mass is 32.2. The van der Waals surface area contributed by atoms with Gasteiger partial charge in [0, 0.05) is 18.7 Å². The second kappa shape index (κ2) is 11.3. The van der Waals surface area contributed by atoms with Crippen LogP contribution in [0.4, 0.5) is 5.69 Å². The summed E-state index contributed by atoms with van der Waals surface area (Å²) in [5, 5.41) is 3.14. The van der Waals surface area contributed by atoms with Crippen LogP contribution < -0.4 is 19.1 Å². The highest BCUT2D eigenvalue weighted by molar-refractivity contribution is 7.92. The zero-order valence-corrected chi connectivity index (χ0v) is 22.6. The van der Waals surface area contributed by atoms with Gasteiger partial charge in [0.2, 0.25) is 0 Å². The van der Waals surface area contributed by atoms with Gasteiger partial charge in [0.25, 0.3) is 15.9 Å². The lowest BCUT2D eigenvalue weighted by Gasteiger charge is -2.22. The zero-order valence-electron chi connectivity index (χ0n) is 21.8. The van der Waals surface area contributed by atoms with E-state index in [-0.39, 0.29) is 16.8 Å². The molecule has 0 saturated heterocycles. The molecule has 0 radical (unpaired) electrons. The van der Waals surface area contributed by atoms with E-state index in [0.717, 1.165) is 24.8 Å². The standard InChI is InChI=1S/C29H34N2O5S/c1-5-26(23-11-10-20-8-6-7-9-22(20)18-23)30-29(32)21-12-14-24(15-13-21)31(2)37(33,34)25-16-17-27(35-3)28(19-25)36-4/h10-19,26H,5-9H2,1-4H3,(H,30,32)/t26-/m0/s1. The predicted octanol–water partition coefficient (Wildman–Crippen LogP) is 5.29. The van der Waals surface area contributed by atoms with Gasteiger partial charge in [-0.3, -0.25) is 9.10 Å². The summed E-state index contributed by atoms with van der Waals surface area (Å²) in [4.78, 5) is 13.1. The van der Waals surface area contributed by atoms with E-state index in [9.17, 15) is 13.2 Å². The number of carbonyl (C=O) groups excluding carboxylic acids is 1. The van der Waals surface area contributed by atoms with Crippen molar-refractivity contribution in [1.29, 1.82) is 0 Å². The maximum atomic E-state index is 13.2. The van der Waals surface area contributed by atoms with Gasteiger partial charge < -0.3 is 14.8 Å². The molecule has 196 valence electrons. The smallest absolute Gasteiger partial charge is 0.264 e. The Morgan fingerprint density at radius 3 is 2.24 bits per heavy atom. The van der Waals surface area contributed by atoms with Crippen LogP contribution in [0.25, 0.3) is 0 Å². The lowest BCUT2D eigenvalue weighted by atomic mass is 9.88. The minimum absolute atomic E-state index is 0.0744. The molecule has 37 heavy (non-hydrogen) atoms. The summed E-state index contributed by atoms with van der Waals surface area (Å²) in [6.07, 6.45) is 5.44. The predicted molar refractivity (Wildman–Crippen MR) is 145 cm³/mol. The number of amides is 1. The maximum Gasteiger partial charge on any atom is 0.264 e. The van der Waals surface area contributed by atoms with Crippen LogP contribution in [0.1, 0.15) is 59.3 Å². The SMILES string of the molecule is CC[C@H](NC(=O)c1ccc(N(C)S(=O)(=O)c2ccc(OC)c(OC)c2)cc1)c1ccc2c(c1)CCCC2. The first-order valence-corrected chi connectivity index (χ1v) is 14.0. The Bertz CT molecular complexity index is 1370. The third kappa shape index (κ3) is 5.59. The molecule has 0 bridgehead atoms. The molecule has 1 atom stereocenters. The number of benzene rings is 3. The summed E-state index contributed by atoms with van der Waals surface area (Å²) >= 11 is 0. The van der Waals surface area contributed by atoms with Gasteiger partial charge >= 0.3 is 0 Å². The third-order valence-electron chi connectivity index (χ3n) is 6.99. The van der Waals surface area contributed by atoms with Gasteiger partial charge in [-0.05, 0) is 85.2 Å². The quantitative estimate of drug-likeness (QED) is 0.413. The molecule has 8 heteroatoms. The second-order valence-corrected chi connectivity index (χ2v) is 11.2. The molecule has 1 N–H and O–H groups in total. The van der Waals surface area contributed by atoms with E-state index in [1.54, 1.807) is 30.3 Å². The first-order chi connectivity index (χ1) is 17.8. The molecular formula is C29H34N2O5S. The van der Waals surface area contributed by atoms with E-state index in [2.05, 4.69) is 30.4 Å². The number of nitrogens with one attached hydrogen (secondary N) is 1. The molecular weight excluding hydrogens is 488 g/mol. The van der Waals surface area contributed by atoms with Gasteiger partial charge in [0.05, 0.1) is 30.8 Å². The van der Waals surface area contributed by atoms with Crippen LogP contribution in [0.15, 0.2) is 65.6 Å². The molecule has 0 unspecified atom stereocenters. The van der Waals surface area contributed by atoms with Crippen LogP contribution in [0.5, 0.6) is 11.5 Å². The van der Waals surface area contributed by atoms with Crippen molar-refractivity contribution < 1.29 is 22.7 Å². The first-order valence-electron chi connectivity index (χ1n) is 12.5. The minimum Gasteiger partial charge on any atom is -0.493 e. The lowest BCUT2D eigenvalue weighted by Crippen LogP contribution is -2.29. The number of aryl methyl sites for hydroxylation is 2. The number of ether oxygens (including phenoxy) is 2. The Hall–Kier alpha value is -3.52. The van der Waals surface area contributed by atoms with Gasteiger partial charge in [0.15, 0.2) is 11.5 Å². The Kier molecular flexibility index (Phi) is 8.07. The van der Waals surface area contributed by atoms with Gasteiger partial charge in [-0.2, -0.15) is 0 Å². The van der Waals surface area contributed by atoms with Crippen molar-refractivity contribution in [1.82, 2.24) is 5.32 Å². The third-order valence-corrected chi connectivity index (χ3v) is 8.78. The Balaban J connectivity index is 1.49. The average molecular weight is 523 g/mol. The fourth-order valence-corrected chi connectivity index (χ4v) is 5.94. The Morgan fingerprint density at radius 2 is 1.59 bits per heavy atom. The topological polar surface area (TPSA) is 84.9 Å².